The number of rotatable bonds is 28. The topological polar surface area (TPSA) is 137 Å². The highest BCUT2D eigenvalue weighted by molar-refractivity contribution is 7.52. The molecule has 10 heteroatoms. The van der Waals surface area contributed by atoms with Crippen molar-refractivity contribution in [3.63, 3.8) is 0 Å². The molecule has 0 saturated heterocycles. The maximum atomic E-state index is 12.2. The number of nitrogens with zero attached hydrogens (tertiary/aromatic N) is 2. The minimum absolute atomic E-state index is 0.0119. The molecule has 1 rings (SSSR count). The van der Waals surface area contributed by atoms with Gasteiger partial charge in [-0.1, -0.05) is 129 Å². The van der Waals surface area contributed by atoms with Gasteiger partial charge in [0.2, 0.25) is 0 Å². The molecule has 0 aliphatic heterocycles. The highest BCUT2D eigenvalue weighted by Gasteiger charge is 2.22. The Balaban J connectivity index is 1.91. The van der Waals surface area contributed by atoms with Gasteiger partial charge in [0, 0.05) is 6.20 Å². The van der Waals surface area contributed by atoms with Crippen LogP contribution in [0.5, 0.6) is 0 Å². The number of aromatic nitrogens is 2. The Morgan fingerprint density at radius 2 is 1.30 bits per heavy atom. The van der Waals surface area contributed by atoms with Gasteiger partial charge in [0.15, 0.2) is 0 Å². The molecule has 0 saturated carbocycles. The van der Waals surface area contributed by atoms with E-state index < -0.39 is 32.3 Å². The first-order valence-electron chi connectivity index (χ1n) is 15.9. The molecule has 0 spiro atoms. The van der Waals surface area contributed by atoms with Gasteiger partial charge in [-0.2, -0.15) is 4.98 Å². The molecule has 0 aromatic carbocycles. The van der Waals surface area contributed by atoms with Crippen molar-refractivity contribution < 1.29 is 23.8 Å². The molecule has 1 heterocycles. The lowest BCUT2D eigenvalue weighted by molar-refractivity contribution is 0.0167. The molecule has 234 valence electrons. The SMILES string of the molecule is CCCCCCCCCCCCCCCCCCCCCCOP(=O)(O)CO[C@H](CO)Cn1ccc(N)nc1=O. The van der Waals surface area contributed by atoms with E-state index in [1.807, 2.05) is 0 Å². The molecule has 1 unspecified atom stereocenters. The second kappa shape index (κ2) is 24.4. The van der Waals surface area contributed by atoms with Gasteiger partial charge in [0.05, 0.1) is 25.9 Å². The largest absolute Gasteiger partial charge is 0.394 e. The lowest BCUT2D eigenvalue weighted by Gasteiger charge is -2.19. The monoisotopic (exact) mass is 587 g/mol. The van der Waals surface area contributed by atoms with Crippen LogP contribution >= 0.6 is 7.60 Å². The van der Waals surface area contributed by atoms with Crippen LogP contribution in [-0.2, 0) is 20.4 Å². The summed E-state index contributed by atoms with van der Waals surface area (Å²) < 4.78 is 23.9. The Morgan fingerprint density at radius 3 is 1.73 bits per heavy atom. The predicted molar refractivity (Wildman–Crippen MR) is 164 cm³/mol. The number of anilines is 1. The summed E-state index contributed by atoms with van der Waals surface area (Å²) >= 11 is 0. The molecule has 40 heavy (non-hydrogen) atoms. The molecule has 1 aromatic heterocycles. The third kappa shape index (κ3) is 20.6. The zero-order chi connectivity index (χ0) is 29.3. The summed E-state index contributed by atoms with van der Waals surface area (Å²) in [6.45, 7) is 2.04. The summed E-state index contributed by atoms with van der Waals surface area (Å²) in [5.74, 6) is 0.0981. The van der Waals surface area contributed by atoms with Crippen molar-refractivity contribution in [2.75, 3.05) is 25.3 Å². The third-order valence-electron chi connectivity index (χ3n) is 7.26. The van der Waals surface area contributed by atoms with Gasteiger partial charge in [-0.3, -0.25) is 9.13 Å². The molecule has 0 amide bonds. The highest BCUT2D eigenvalue weighted by Crippen LogP contribution is 2.42. The first-order chi connectivity index (χ1) is 19.4. The number of aliphatic hydroxyl groups is 1. The van der Waals surface area contributed by atoms with Crippen LogP contribution in [0, 0.1) is 0 Å². The fourth-order valence-corrected chi connectivity index (χ4v) is 5.65. The zero-order valence-electron chi connectivity index (χ0n) is 25.1. The van der Waals surface area contributed by atoms with Crippen molar-refractivity contribution in [2.45, 2.75) is 148 Å². The van der Waals surface area contributed by atoms with Crippen molar-refractivity contribution in [2.24, 2.45) is 0 Å². The smallest absolute Gasteiger partial charge is 0.353 e. The molecule has 9 nitrogen and oxygen atoms in total. The van der Waals surface area contributed by atoms with E-state index in [0.29, 0.717) is 0 Å². The number of nitrogen functional groups attached to an aromatic ring is 1. The van der Waals surface area contributed by atoms with Crippen LogP contribution in [0.25, 0.3) is 0 Å². The summed E-state index contributed by atoms with van der Waals surface area (Å²) in [4.78, 5) is 25.4. The fourth-order valence-electron chi connectivity index (χ4n) is 4.76. The van der Waals surface area contributed by atoms with Crippen molar-refractivity contribution >= 4 is 13.4 Å². The van der Waals surface area contributed by atoms with E-state index in [4.69, 9.17) is 15.0 Å². The van der Waals surface area contributed by atoms with Crippen LogP contribution in [0.15, 0.2) is 17.1 Å². The number of unbranched alkanes of at least 4 members (excludes halogenated alkanes) is 19. The van der Waals surface area contributed by atoms with Crippen LogP contribution in [-0.4, -0.2) is 45.2 Å². The molecule has 2 atom stereocenters. The van der Waals surface area contributed by atoms with Crippen LogP contribution in [0.1, 0.15) is 135 Å². The van der Waals surface area contributed by atoms with Gasteiger partial charge in [0.25, 0.3) is 0 Å². The highest BCUT2D eigenvalue weighted by atomic mass is 31.2. The summed E-state index contributed by atoms with van der Waals surface area (Å²) in [6, 6.07) is 1.45. The molecular weight excluding hydrogens is 529 g/mol. The molecule has 0 radical (unpaired) electrons. The number of ether oxygens (including phenoxy) is 1. The van der Waals surface area contributed by atoms with Gasteiger partial charge >= 0.3 is 13.3 Å². The molecule has 0 fully saturated rings. The van der Waals surface area contributed by atoms with E-state index in [1.165, 1.54) is 126 Å². The van der Waals surface area contributed by atoms with Crippen LogP contribution < -0.4 is 11.4 Å². The summed E-state index contributed by atoms with van der Waals surface area (Å²) in [5.41, 5.74) is 4.88. The minimum Gasteiger partial charge on any atom is -0.394 e. The Hall–Kier alpha value is -1.25. The van der Waals surface area contributed by atoms with Crippen LogP contribution in [0.2, 0.25) is 0 Å². The average molecular weight is 588 g/mol. The number of hydrogen-bond acceptors (Lipinski definition) is 7. The van der Waals surface area contributed by atoms with E-state index in [2.05, 4.69) is 11.9 Å². The second-order valence-electron chi connectivity index (χ2n) is 11.1. The van der Waals surface area contributed by atoms with E-state index in [-0.39, 0.29) is 19.0 Å². The van der Waals surface area contributed by atoms with E-state index >= 15 is 0 Å². The van der Waals surface area contributed by atoms with Gasteiger partial charge in [-0.05, 0) is 12.5 Å². The summed E-state index contributed by atoms with van der Waals surface area (Å²) in [7, 11) is -3.94. The fraction of sp³-hybridized carbons (Fsp3) is 0.867. The van der Waals surface area contributed by atoms with Gasteiger partial charge in [-0.25, -0.2) is 4.79 Å². The van der Waals surface area contributed by atoms with Crippen molar-refractivity contribution in [3.05, 3.63) is 22.7 Å². The van der Waals surface area contributed by atoms with Crippen molar-refractivity contribution in [1.29, 1.82) is 0 Å². The second-order valence-corrected chi connectivity index (χ2v) is 12.9. The first-order valence-corrected chi connectivity index (χ1v) is 17.7. The van der Waals surface area contributed by atoms with Gasteiger partial charge in [-0.15, -0.1) is 0 Å². The first kappa shape index (κ1) is 36.8. The molecule has 4 N–H and O–H groups in total. The van der Waals surface area contributed by atoms with E-state index in [9.17, 15) is 19.4 Å². The Kier molecular flexibility index (Phi) is 22.4. The molecular formula is C30H58N3O6P. The Morgan fingerprint density at radius 1 is 0.850 bits per heavy atom. The Bertz CT molecular complexity index is 838. The lowest BCUT2D eigenvalue weighted by atomic mass is 10.0. The van der Waals surface area contributed by atoms with Crippen molar-refractivity contribution in [1.82, 2.24) is 9.55 Å². The van der Waals surface area contributed by atoms with Gasteiger partial charge < -0.3 is 25.0 Å². The third-order valence-corrected chi connectivity index (χ3v) is 8.33. The maximum absolute atomic E-state index is 12.2. The molecule has 0 bridgehead atoms. The zero-order valence-corrected chi connectivity index (χ0v) is 26.0. The average Bonchev–Trinajstić information content (AvgIpc) is 2.93. The summed E-state index contributed by atoms with van der Waals surface area (Å²) in [6.07, 6.45) is 26.1. The Labute approximate surface area is 242 Å². The standard InChI is InChI=1S/C30H58N3O6P/c1-2-3-4-5-6-7-8-9-10-11-12-13-14-15-16-17-18-19-20-21-24-39-40(36,37)27-38-28(26-34)25-33-23-22-29(31)32-30(33)35/h22-23,28,34H,2-21,24-27H2,1H3,(H,36,37)(H2,31,32,35)/t28-/m0/s1. The maximum Gasteiger partial charge on any atom is 0.353 e. The predicted octanol–water partition coefficient (Wildman–Crippen LogP) is 7.18. The van der Waals surface area contributed by atoms with Gasteiger partial charge in [0.1, 0.15) is 12.2 Å². The molecule has 1 aromatic rings. The lowest BCUT2D eigenvalue weighted by Crippen LogP contribution is -2.32. The normalized spacial score (nSPS) is 13.9. The van der Waals surface area contributed by atoms with Crippen molar-refractivity contribution in [3.8, 4) is 0 Å². The molecule has 0 aliphatic carbocycles. The number of hydrogen-bond donors (Lipinski definition) is 3. The van der Waals surface area contributed by atoms with E-state index in [1.54, 1.807) is 0 Å². The summed E-state index contributed by atoms with van der Waals surface area (Å²) in [5, 5.41) is 9.49. The van der Waals surface area contributed by atoms with Crippen LogP contribution in [0.4, 0.5) is 5.82 Å². The number of aliphatic hydroxyl groups excluding tert-OH is 1. The number of nitrogens with two attached hydrogens (primary N) is 1. The van der Waals surface area contributed by atoms with E-state index in [0.717, 1.165) is 19.3 Å². The van der Waals surface area contributed by atoms with Crippen LogP contribution in [0.3, 0.4) is 0 Å². The minimum atomic E-state index is -3.94. The molecule has 0 aliphatic rings. The quantitative estimate of drug-likeness (QED) is 0.0692.